The largest absolute Gasteiger partial charge is 0.259 e. The number of hydrogen-bond donors (Lipinski definition) is 0. The third kappa shape index (κ3) is 3.14. The molecule has 0 aromatic heterocycles. The Bertz CT molecular complexity index is 738. The number of nitriles is 1. The maximum atomic E-state index is 12.7. The van der Waals surface area contributed by atoms with E-state index in [1.807, 2.05) is 6.07 Å². The lowest BCUT2D eigenvalue weighted by atomic mass is 10.2. The molecule has 21 heavy (non-hydrogen) atoms. The zero-order valence-electron chi connectivity index (χ0n) is 11.7. The van der Waals surface area contributed by atoms with Gasteiger partial charge in [-0.05, 0) is 32.0 Å². The quantitative estimate of drug-likeness (QED) is 0.817. The van der Waals surface area contributed by atoms with Gasteiger partial charge < -0.3 is 0 Å². The molecule has 0 N–H and O–H groups in total. The van der Waals surface area contributed by atoms with Gasteiger partial charge in [-0.25, -0.2) is 8.42 Å². The fraction of sp³-hybridized carbons (Fsp3) is 0.462. The Morgan fingerprint density at radius 1 is 1.43 bits per heavy atom. The molecule has 1 unspecified atom stereocenters. The molecule has 2 rings (SSSR count). The fourth-order valence-corrected chi connectivity index (χ4v) is 5.63. The van der Waals surface area contributed by atoms with Crippen molar-refractivity contribution < 1.29 is 12.6 Å². The summed E-state index contributed by atoms with van der Waals surface area (Å²) in [6.45, 7) is 3.87. The summed E-state index contributed by atoms with van der Waals surface area (Å²) < 4.78 is 38.0. The average molecular weight is 347 g/mol. The first-order valence-corrected chi connectivity index (χ1v) is 9.40. The van der Waals surface area contributed by atoms with E-state index in [0.29, 0.717) is 0 Å². The Hall–Kier alpha value is -0.940. The predicted octanol–water partition coefficient (Wildman–Crippen LogP) is 1.74. The van der Waals surface area contributed by atoms with E-state index in [1.54, 1.807) is 13.8 Å². The van der Waals surface area contributed by atoms with E-state index < -0.39 is 25.6 Å². The van der Waals surface area contributed by atoms with Crippen molar-refractivity contribution in [2.24, 2.45) is 0 Å². The van der Waals surface area contributed by atoms with Crippen LogP contribution in [0.15, 0.2) is 23.1 Å². The van der Waals surface area contributed by atoms with Crippen molar-refractivity contribution in [3.05, 3.63) is 28.8 Å². The highest BCUT2D eigenvalue weighted by Crippen LogP contribution is 2.28. The SMILES string of the molecule is CC1(C)CN(S(=O)(=O)c2cc(Cl)ccc2C#N)CCS1=O. The molecule has 1 heterocycles. The molecule has 0 aliphatic carbocycles. The van der Waals surface area contributed by atoms with Gasteiger partial charge in [0.05, 0.1) is 10.3 Å². The van der Waals surface area contributed by atoms with E-state index in [-0.39, 0.29) is 34.3 Å². The number of hydrogen-bond acceptors (Lipinski definition) is 4. The molecule has 1 fully saturated rings. The van der Waals surface area contributed by atoms with Gasteiger partial charge in [-0.3, -0.25) is 4.21 Å². The third-order valence-corrected chi connectivity index (χ3v) is 7.42. The molecular weight excluding hydrogens is 332 g/mol. The normalized spacial score (nSPS) is 22.7. The van der Waals surface area contributed by atoms with Crippen LogP contribution in [0.1, 0.15) is 19.4 Å². The second kappa shape index (κ2) is 5.69. The molecule has 0 spiro atoms. The van der Waals surface area contributed by atoms with Crippen molar-refractivity contribution in [1.29, 1.82) is 5.26 Å². The first-order chi connectivity index (χ1) is 9.68. The van der Waals surface area contributed by atoms with Crippen molar-refractivity contribution in [2.45, 2.75) is 23.5 Å². The molecule has 1 saturated heterocycles. The topological polar surface area (TPSA) is 78.2 Å². The van der Waals surface area contributed by atoms with Gasteiger partial charge in [-0.2, -0.15) is 9.57 Å². The van der Waals surface area contributed by atoms with Crippen LogP contribution in [0.5, 0.6) is 0 Å². The minimum absolute atomic E-state index is 0.0592. The molecule has 5 nitrogen and oxygen atoms in total. The molecule has 1 aliphatic heterocycles. The molecule has 0 bridgehead atoms. The highest BCUT2D eigenvalue weighted by Gasteiger charge is 2.39. The van der Waals surface area contributed by atoms with Crippen LogP contribution in [-0.2, 0) is 20.8 Å². The second-order valence-corrected chi connectivity index (χ2v) is 9.95. The van der Waals surface area contributed by atoms with Crippen molar-refractivity contribution in [2.75, 3.05) is 18.8 Å². The lowest BCUT2D eigenvalue weighted by molar-refractivity contribution is 0.378. The third-order valence-electron chi connectivity index (χ3n) is 3.38. The Morgan fingerprint density at radius 2 is 2.10 bits per heavy atom. The highest BCUT2D eigenvalue weighted by atomic mass is 35.5. The van der Waals surface area contributed by atoms with Crippen molar-refractivity contribution in [1.82, 2.24) is 4.31 Å². The molecular formula is C13H15ClN2O3S2. The van der Waals surface area contributed by atoms with Crippen molar-refractivity contribution in [3.8, 4) is 6.07 Å². The molecule has 8 heteroatoms. The molecule has 1 atom stereocenters. The van der Waals surface area contributed by atoms with Gasteiger partial charge in [0, 0.05) is 34.7 Å². The Labute approximate surface area is 132 Å². The lowest BCUT2D eigenvalue weighted by Gasteiger charge is -2.36. The minimum atomic E-state index is -3.83. The van der Waals surface area contributed by atoms with Gasteiger partial charge in [-0.1, -0.05) is 11.6 Å². The van der Waals surface area contributed by atoms with E-state index in [4.69, 9.17) is 16.9 Å². The summed E-state index contributed by atoms with van der Waals surface area (Å²) in [6.07, 6.45) is 0. The van der Waals surface area contributed by atoms with E-state index in [1.165, 1.54) is 22.5 Å². The fourth-order valence-electron chi connectivity index (χ4n) is 2.18. The van der Waals surface area contributed by atoms with Gasteiger partial charge in [0.2, 0.25) is 10.0 Å². The van der Waals surface area contributed by atoms with E-state index in [9.17, 15) is 12.6 Å². The van der Waals surface area contributed by atoms with Crippen LogP contribution in [0.25, 0.3) is 0 Å². The van der Waals surface area contributed by atoms with Gasteiger partial charge in [0.15, 0.2) is 0 Å². The van der Waals surface area contributed by atoms with Crippen LogP contribution in [0.4, 0.5) is 0 Å². The summed E-state index contributed by atoms with van der Waals surface area (Å²) in [5.41, 5.74) is 0.0592. The molecule has 1 aliphatic rings. The van der Waals surface area contributed by atoms with Crippen LogP contribution in [0, 0.1) is 11.3 Å². The van der Waals surface area contributed by atoms with Gasteiger partial charge in [0.1, 0.15) is 11.0 Å². The molecule has 1 aromatic carbocycles. The molecule has 0 amide bonds. The van der Waals surface area contributed by atoms with E-state index >= 15 is 0 Å². The van der Waals surface area contributed by atoms with Crippen LogP contribution >= 0.6 is 11.6 Å². The number of benzene rings is 1. The van der Waals surface area contributed by atoms with E-state index in [0.717, 1.165) is 0 Å². The monoisotopic (exact) mass is 346 g/mol. The highest BCUT2D eigenvalue weighted by molar-refractivity contribution is 7.90. The molecule has 0 saturated carbocycles. The summed E-state index contributed by atoms with van der Waals surface area (Å²) in [5, 5.41) is 9.35. The summed E-state index contributed by atoms with van der Waals surface area (Å²) in [5.74, 6) is 0.286. The summed E-state index contributed by atoms with van der Waals surface area (Å²) in [4.78, 5) is -0.0963. The van der Waals surface area contributed by atoms with Crippen molar-refractivity contribution >= 4 is 32.4 Å². The zero-order valence-corrected chi connectivity index (χ0v) is 14.1. The van der Waals surface area contributed by atoms with Crippen LogP contribution in [-0.4, -0.2) is 40.5 Å². The second-order valence-electron chi connectivity index (χ2n) is 5.40. The molecule has 0 radical (unpaired) electrons. The lowest BCUT2D eigenvalue weighted by Crippen LogP contribution is -2.52. The summed E-state index contributed by atoms with van der Waals surface area (Å²) >= 11 is 5.86. The molecule has 1 aromatic rings. The minimum Gasteiger partial charge on any atom is -0.259 e. The van der Waals surface area contributed by atoms with Crippen LogP contribution in [0.2, 0.25) is 5.02 Å². The Kier molecular flexibility index (Phi) is 4.45. The van der Waals surface area contributed by atoms with Gasteiger partial charge in [-0.15, -0.1) is 0 Å². The number of nitrogens with zero attached hydrogens (tertiary/aromatic N) is 2. The maximum absolute atomic E-state index is 12.7. The Morgan fingerprint density at radius 3 is 2.67 bits per heavy atom. The number of sulfonamides is 1. The van der Waals surface area contributed by atoms with Gasteiger partial charge >= 0.3 is 0 Å². The standard InChI is InChI=1S/C13H15ClN2O3S2/c1-13(2)9-16(5-6-20(13)17)21(18,19)12-7-11(14)4-3-10(12)8-15/h3-4,7H,5-6,9H2,1-2H3. The molecule has 114 valence electrons. The smallest absolute Gasteiger partial charge is 0.244 e. The zero-order chi connectivity index (χ0) is 15.8. The Balaban J connectivity index is 2.47. The predicted molar refractivity (Wildman–Crippen MR) is 82.0 cm³/mol. The first-order valence-electron chi connectivity index (χ1n) is 6.27. The summed E-state index contributed by atoms with van der Waals surface area (Å²) in [7, 11) is -4.90. The van der Waals surface area contributed by atoms with Crippen LogP contribution < -0.4 is 0 Å². The number of rotatable bonds is 2. The van der Waals surface area contributed by atoms with Crippen molar-refractivity contribution in [3.63, 3.8) is 0 Å². The van der Waals surface area contributed by atoms with E-state index in [2.05, 4.69) is 0 Å². The average Bonchev–Trinajstić information content (AvgIpc) is 2.41. The number of halogens is 1. The summed E-state index contributed by atoms with van der Waals surface area (Å²) in [6, 6.07) is 6.03. The first kappa shape index (κ1) is 16.4. The maximum Gasteiger partial charge on any atom is 0.244 e. The van der Waals surface area contributed by atoms with Crippen LogP contribution in [0.3, 0.4) is 0 Å². The van der Waals surface area contributed by atoms with Gasteiger partial charge in [0.25, 0.3) is 0 Å².